The molecule has 0 atom stereocenters. The molecule has 1 heterocycles. The van der Waals surface area contributed by atoms with Crippen LogP contribution in [0.5, 0.6) is 0 Å². The zero-order valence-electron chi connectivity index (χ0n) is 6.72. The van der Waals surface area contributed by atoms with Gasteiger partial charge >= 0.3 is 0 Å². The summed E-state index contributed by atoms with van der Waals surface area (Å²) in [6.07, 6.45) is 1.29. The fourth-order valence-electron chi connectivity index (χ4n) is 1.21. The second-order valence-corrected chi connectivity index (χ2v) is 3.57. The van der Waals surface area contributed by atoms with Gasteiger partial charge in [0.05, 0.1) is 0 Å². The van der Waals surface area contributed by atoms with Gasteiger partial charge < -0.3 is 0 Å². The minimum absolute atomic E-state index is 0.345. The van der Waals surface area contributed by atoms with Gasteiger partial charge in [0.2, 0.25) is 0 Å². The van der Waals surface area contributed by atoms with E-state index in [1.807, 2.05) is 0 Å². The number of rotatable bonds is 2. The SMILES string of the molecule is O=C1CCN(CC(Cl)=CCl)CC1. The van der Waals surface area contributed by atoms with Crippen molar-refractivity contribution in [3.63, 3.8) is 0 Å². The average molecular weight is 208 g/mol. The highest BCUT2D eigenvalue weighted by molar-refractivity contribution is 6.36. The van der Waals surface area contributed by atoms with Crippen molar-refractivity contribution >= 4 is 29.0 Å². The molecule has 68 valence electrons. The number of piperidine rings is 1. The zero-order chi connectivity index (χ0) is 8.97. The number of halogens is 2. The lowest BCUT2D eigenvalue weighted by Crippen LogP contribution is -2.34. The van der Waals surface area contributed by atoms with Crippen LogP contribution in [0.3, 0.4) is 0 Å². The largest absolute Gasteiger partial charge is 0.300 e. The first-order valence-electron chi connectivity index (χ1n) is 3.91. The van der Waals surface area contributed by atoms with Crippen LogP contribution in [0.15, 0.2) is 10.6 Å². The average Bonchev–Trinajstić information content (AvgIpc) is 2.09. The third kappa shape index (κ3) is 3.13. The Bertz CT molecular complexity index is 193. The maximum atomic E-state index is 10.9. The second-order valence-electron chi connectivity index (χ2n) is 2.87. The number of nitrogens with zero attached hydrogens (tertiary/aromatic N) is 1. The molecule has 0 aliphatic carbocycles. The monoisotopic (exact) mass is 207 g/mol. The lowest BCUT2D eigenvalue weighted by Gasteiger charge is -2.24. The Balaban J connectivity index is 2.31. The Morgan fingerprint density at radius 3 is 2.58 bits per heavy atom. The molecule has 0 amide bonds. The normalized spacial score (nSPS) is 21.5. The molecule has 1 fully saturated rings. The Kier molecular flexibility index (Phi) is 4.06. The lowest BCUT2D eigenvalue weighted by molar-refractivity contribution is -0.121. The van der Waals surface area contributed by atoms with E-state index in [0.29, 0.717) is 30.2 Å². The van der Waals surface area contributed by atoms with Gasteiger partial charge in [0, 0.05) is 43.0 Å². The van der Waals surface area contributed by atoms with Crippen molar-refractivity contribution in [3.05, 3.63) is 10.6 Å². The van der Waals surface area contributed by atoms with E-state index in [4.69, 9.17) is 23.2 Å². The molecule has 1 rings (SSSR count). The summed E-state index contributed by atoms with van der Waals surface area (Å²) in [6.45, 7) is 2.28. The summed E-state index contributed by atoms with van der Waals surface area (Å²) in [5, 5.41) is 0.631. The lowest BCUT2D eigenvalue weighted by atomic mass is 10.1. The molecular formula is C8H11Cl2NO. The molecular weight excluding hydrogens is 197 g/mol. The molecule has 1 saturated heterocycles. The second kappa shape index (κ2) is 4.85. The van der Waals surface area contributed by atoms with E-state index in [9.17, 15) is 4.79 Å². The first kappa shape index (κ1) is 10.0. The van der Waals surface area contributed by atoms with Crippen LogP contribution in [0.4, 0.5) is 0 Å². The molecule has 0 bridgehead atoms. The number of ketones is 1. The summed E-state index contributed by atoms with van der Waals surface area (Å²) in [5.41, 5.74) is 1.37. The number of carbonyl (C=O) groups excluding carboxylic acids is 1. The highest BCUT2D eigenvalue weighted by atomic mass is 35.5. The van der Waals surface area contributed by atoms with Gasteiger partial charge in [-0.05, 0) is 0 Å². The van der Waals surface area contributed by atoms with Crippen molar-refractivity contribution < 1.29 is 4.79 Å². The molecule has 0 aromatic carbocycles. The molecule has 4 heteroatoms. The van der Waals surface area contributed by atoms with Gasteiger partial charge in [-0.25, -0.2) is 0 Å². The Labute approximate surface area is 82.1 Å². The predicted octanol–water partition coefficient (Wildman–Crippen LogP) is 1.97. The van der Waals surface area contributed by atoms with Gasteiger partial charge in [-0.3, -0.25) is 9.69 Å². The number of hydrogen-bond donors (Lipinski definition) is 0. The van der Waals surface area contributed by atoms with Gasteiger partial charge in [-0.15, -0.1) is 0 Å². The predicted molar refractivity (Wildman–Crippen MR) is 50.5 cm³/mol. The molecule has 0 unspecified atom stereocenters. The van der Waals surface area contributed by atoms with E-state index in [1.54, 1.807) is 0 Å². The molecule has 0 aromatic heterocycles. The van der Waals surface area contributed by atoms with Crippen LogP contribution in [0, 0.1) is 0 Å². The van der Waals surface area contributed by atoms with Crippen LogP contribution in [-0.4, -0.2) is 30.3 Å². The van der Waals surface area contributed by atoms with Crippen LogP contribution >= 0.6 is 23.2 Å². The fourth-order valence-corrected chi connectivity index (χ4v) is 1.45. The summed E-state index contributed by atoms with van der Waals surface area (Å²) < 4.78 is 0. The van der Waals surface area contributed by atoms with Crippen LogP contribution in [0.1, 0.15) is 12.8 Å². The quantitative estimate of drug-likeness (QED) is 0.691. The van der Waals surface area contributed by atoms with E-state index in [2.05, 4.69) is 4.90 Å². The summed E-state index contributed by atoms with van der Waals surface area (Å²) >= 11 is 11.1. The minimum atomic E-state index is 0.345. The molecule has 2 nitrogen and oxygen atoms in total. The van der Waals surface area contributed by atoms with Gasteiger partial charge in [-0.1, -0.05) is 23.2 Å². The third-order valence-corrected chi connectivity index (χ3v) is 2.51. The topological polar surface area (TPSA) is 20.3 Å². The Morgan fingerprint density at radius 1 is 1.50 bits per heavy atom. The summed E-state index contributed by atoms with van der Waals surface area (Å²) in [7, 11) is 0. The molecule has 1 aliphatic heterocycles. The standard InChI is InChI=1S/C8H11Cl2NO/c9-5-7(10)6-11-3-1-8(12)2-4-11/h5H,1-4,6H2. The van der Waals surface area contributed by atoms with Gasteiger partial charge in [0.15, 0.2) is 0 Å². The van der Waals surface area contributed by atoms with Crippen molar-refractivity contribution in [2.75, 3.05) is 19.6 Å². The van der Waals surface area contributed by atoms with Crippen molar-refractivity contribution in [2.45, 2.75) is 12.8 Å². The first-order valence-corrected chi connectivity index (χ1v) is 4.72. The number of likely N-dealkylation sites (tertiary alicyclic amines) is 1. The summed E-state index contributed by atoms with van der Waals surface area (Å²) in [5.74, 6) is 0.345. The maximum absolute atomic E-state index is 10.9. The van der Waals surface area contributed by atoms with Crippen molar-refractivity contribution in [1.82, 2.24) is 4.90 Å². The van der Waals surface area contributed by atoms with Gasteiger partial charge in [-0.2, -0.15) is 0 Å². The van der Waals surface area contributed by atoms with E-state index in [-0.39, 0.29) is 0 Å². The Hall–Kier alpha value is -0.0500. The van der Waals surface area contributed by atoms with Gasteiger partial charge in [0.25, 0.3) is 0 Å². The van der Waals surface area contributed by atoms with E-state index < -0.39 is 0 Å². The first-order chi connectivity index (χ1) is 5.72. The van der Waals surface area contributed by atoms with Crippen LogP contribution in [0.2, 0.25) is 0 Å². The molecule has 1 aliphatic rings. The smallest absolute Gasteiger partial charge is 0.135 e. The van der Waals surface area contributed by atoms with E-state index in [1.165, 1.54) is 5.54 Å². The minimum Gasteiger partial charge on any atom is -0.300 e. The van der Waals surface area contributed by atoms with Crippen molar-refractivity contribution in [2.24, 2.45) is 0 Å². The molecule has 0 N–H and O–H groups in total. The number of Topliss-reactive ketones (excluding diaryl/α,β-unsaturated/α-hetero) is 1. The molecule has 0 aromatic rings. The molecule has 12 heavy (non-hydrogen) atoms. The molecule has 0 radical (unpaired) electrons. The van der Waals surface area contributed by atoms with Crippen LogP contribution in [0.25, 0.3) is 0 Å². The maximum Gasteiger partial charge on any atom is 0.135 e. The highest BCUT2D eigenvalue weighted by Gasteiger charge is 2.15. The summed E-state index contributed by atoms with van der Waals surface area (Å²) in [6, 6.07) is 0. The number of carbonyl (C=O) groups is 1. The number of hydrogen-bond acceptors (Lipinski definition) is 2. The highest BCUT2D eigenvalue weighted by Crippen LogP contribution is 2.11. The fraction of sp³-hybridized carbons (Fsp3) is 0.625. The summed E-state index contributed by atoms with van der Waals surface area (Å²) in [4.78, 5) is 13.0. The molecule has 0 saturated carbocycles. The van der Waals surface area contributed by atoms with Crippen LogP contribution in [-0.2, 0) is 4.79 Å². The Morgan fingerprint density at radius 2 is 2.08 bits per heavy atom. The zero-order valence-corrected chi connectivity index (χ0v) is 8.24. The van der Waals surface area contributed by atoms with Crippen molar-refractivity contribution in [3.8, 4) is 0 Å². The van der Waals surface area contributed by atoms with E-state index >= 15 is 0 Å². The third-order valence-electron chi connectivity index (χ3n) is 1.91. The molecule has 0 spiro atoms. The van der Waals surface area contributed by atoms with Crippen molar-refractivity contribution in [1.29, 1.82) is 0 Å². The van der Waals surface area contributed by atoms with E-state index in [0.717, 1.165) is 13.1 Å². The van der Waals surface area contributed by atoms with Crippen LogP contribution < -0.4 is 0 Å². The van der Waals surface area contributed by atoms with Gasteiger partial charge in [0.1, 0.15) is 5.78 Å².